The van der Waals surface area contributed by atoms with E-state index in [9.17, 15) is 9.18 Å². The normalized spacial score (nSPS) is 16.1. The third kappa shape index (κ3) is 5.83. The Morgan fingerprint density at radius 3 is 2.52 bits per heavy atom. The van der Waals surface area contributed by atoms with Crippen molar-refractivity contribution in [1.82, 2.24) is 4.90 Å². The van der Waals surface area contributed by atoms with Crippen LogP contribution >= 0.6 is 23.4 Å². The average Bonchev–Trinajstić information content (AvgIpc) is 3.10. The number of hydrogen-bond donors (Lipinski definition) is 0. The van der Waals surface area contributed by atoms with Crippen molar-refractivity contribution in [2.75, 3.05) is 6.54 Å². The number of ether oxygens (including phenoxy) is 1. The number of hydrogen-bond acceptors (Lipinski definition) is 4. The molecular weight excluding hydrogens is 459 g/mol. The lowest BCUT2D eigenvalue weighted by Crippen LogP contribution is -2.29. The summed E-state index contributed by atoms with van der Waals surface area (Å²) in [7, 11) is 0. The first kappa shape index (κ1) is 23.1. The lowest BCUT2D eigenvalue weighted by molar-refractivity contribution is -0.122. The molecule has 0 spiro atoms. The average molecular weight is 481 g/mol. The molecule has 0 aliphatic carbocycles. The Hall–Kier alpha value is -3.09. The van der Waals surface area contributed by atoms with E-state index in [1.54, 1.807) is 29.2 Å². The molecule has 0 saturated carbocycles. The molecule has 1 aliphatic rings. The molecule has 0 bridgehead atoms. The molecule has 1 heterocycles. The van der Waals surface area contributed by atoms with Gasteiger partial charge in [-0.05, 0) is 72.3 Å². The minimum Gasteiger partial charge on any atom is -0.488 e. The number of amidine groups is 1. The Labute approximate surface area is 201 Å². The van der Waals surface area contributed by atoms with Crippen LogP contribution in [0.2, 0.25) is 5.02 Å². The summed E-state index contributed by atoms with van der Waals surface area (Å²) < 4.78 is 19.1. The van der Waals surface area contributed by atoms with E-state index in [2.05, 4.69) is 4.99 Å². The third-order valence-electron chi connectivity index (χ3n) is 4.90. The lowest BCUT2D eigenvalue weighted by atomic mass is 10.1. The van der Waals surface area contributed by atoms with Gasteiger partial charge >= 0.3 is 0 Å². The van der Waals surface area contributed by atoms with Gasteiger partial charge in [-0.1, -0.05) is 48.9 Å². The van der Waals surface area contributed by atoms with Gasteiger partial charge < -0.3 is 4.74 Å². The molecule has 1 aliphatic heterocycles. The van der Waals surface area contributed by atoms with Gasteiger partial charge in [0, 0.05) is 17.1 Å². The summed E-state index contributed by atoms with van der Waals surface area (Å²) in [6, 6.07) is 20.9. The summed E-state index contributed by atoms with van der Waals surface area (Å²) in [5.41, 5.74) is 2.39. The Balaban J connectivity index is 1.58. The van der Waals surface area contributed by atoms with Crippen molar-refractivity contribution in [3.8, 4) is 5.75 Å². The summed E-state index contributed by atoms with van der Waals surface area (Å²) in [6.45, 7) is 2.91. The molecule has 0 N–H and O–H groups in total. The predicted molar refractivity (Wildman–Crippen MR) is 133 cm³/mol. The van der Waals surface area contributed by atoms with Crippen molar-refractivity contribution in [2.45, 2.75) is 20.0 Å². The fourth-order valence-electron chi connectivity index (χ4n) is 3.25. The van der Waals surface area contributed by atoms with Crippen LogP contribution in [0.25, 0.3) is 6.08 Å². The van der Waals surface area contributed by atoms with E-state index >= 15 is 0 Å². The fourth-order valence-corrected chi connectivity index (χ4v) is 4.39. The predicted octanol–water partition coefficient (Wildman–Crippen LogP) is 7.07. The monoisotopic (exact) mass is 480 g/mol. The molecule has 168 valence electrons. The topological polar surface area (TPSA) is 41.9 Å². The number of aliphatic imine (C=N–C) groups is 1. The van der Waals surface area contributed by atoms with E-state index in [-0.39, 0.29) is 11.7 Å². The Morgan fingerprint density at radius 2 is 1.79 bits per heavy atom. The minimum absolute atomic E-state index is 0.0806. The largest absolute Gasteiger partial charge is 0.488 e. The lowest BCUT2D eigenvalue weighted by Gasteiger charge is -2.14. The van der Waals surface area contributed by atoms with Crippen LogP contribution < -0.4 is 4.74 Å². The second-order valence-corrected chi connectivity index (χ2v) is 8.84. The number of amides is 1. The van der Waals surface area contributed by atoms with Gasteiger partial charge in [0.25, 0.3) is 5.91 Å². The second kappa shape index (κ2) is 10.7. The summed E-state index contributed by atoms with van der Waals surface area (Å²) in [5, 5.41) is 1.28. The highest BCUT2D eigenvalue weighted by Crippen LogP contribution is 2.36. The van der Waals surface area contributed by atoms with Crippen molar-refractivity contribution < 1.29 is 13.9 Å². The van der Waals surface area contributed by atoms with Crippen molar-refractivity contribution in [1.29, 1.82) is 0 Å². The van der Waals surface area contributed by atoms with Crippen molar-refractivity contribution in [3.63, 3.8) is 0 Å². The van der Waals surface area contributed by atoms with Gasteiger partial charge in [-0.15, -0.1) is 0 Å². The smallest absolute Gasteiger partial charge is 0.266 e. The molecule has 0 atom stereocenters. The van der Waals surface area contributed by atoms with Gasteiger partial charge in [-0.25, -0.2) is 9.38 Å². The van der Waals surface area contributed by atoms with Crippen molar-refractivity contribution in [2.24, 2.45) is 4.99 Å². The number of thioether (sulfide) groups is 1. The molecule has 4 nitrogen and oxygen atoms in total. The van der Waals surface area contributed by atoms with Gasteiger partial charge in [0.15, 0.2) is 5.17 Å². The molecule has 0 unspecified atom stereocenters. The van der Waals surface area contributed by atoms with E-state index < -0.39 is 0 Å². The van der Waals surface area contributed by atoms with Crippen LogP contribution in [0.4, 0.5) is 10.1 Å². The molecular formula is C26H22ClFN2O2S. The van der Waals surface area contributed by atoms with Crippen LogP contribution in [0.1, 0.15) is 24.5 Å². The Bertz CT molecular complexity index is 1190. The number of nitrogens with zero attached hydrogens (tertiary/aromatic N) is 2. The number of rotatable bonds is 7. The van der Waals surface area contributed by atoms with Crippen molar-refractivity contribution in [3.05, 3.63) is 99.7 Å². The highest BCUT2D eigenvalue weighted by Gasteiger charge is 2.33. The molecule has 33 heavy (non-hydrogen) atoms. The second-order valence-electron chi connectivity index (χ2n) is 7.39. The molecule has 1 saturated heterocycles. The number of para-hydroxylation sites is 1. The van der Waals surface area contributed by atoms with Crippen LogP contribution in [0.3, 0.4) is 0 Å². The number of carbonyl (C=O) groups excluding carboxylic acids is 1. The molecule has 0 radical (unpaired) electrons. The van der Waals surface area contributed by atoms with Gasteiger partial charge in [0.05, 0.1) is 10.6 Å². The molecule has 1 amide bonds. The standard InChI is InChI=1S/C26H22ClFN2O2S/c1-2-15-30-25(31)24(33-26(30)29-22-13-9-20(27)10-14-22)16-19-5-3-4-6-23(19)32-17-18-7-11-21(28)12-8-18/h3-14,16H,2,15,17H2,1H3/b24-16-,29-26?. The molecule has 0 aromatic heterocycles. The van der Waals surface area contributed by atoms with Crippen LogP contribution in [-0.4, -0.2) is 22.5 Å². The first-order valence-corrected chi connectivity index (χ1v) is 11.7. The summed E-state index contributed by atoms with van der Waals surface area (Å²) in [6.07, 6.45) is 2.65. The molecule has 1 fully saturated rings. The zero-order valence-corrected chi connectivity index (χ0v) is 19.6. The van der Waals surface area contributed by atoms with Crippen LogP contribution in [0, 0.1) is 5.82 Å². The van der Waals surface area contributed by atoms with Gasteiger partial charge in [-0.3, -0.25) is 9.69 Å². The van der Waals surface area contributed by atoms with Crippen LogP contribution in [0.15, 0.2) is 82.7 Å². The molecule has 4 rings (SSSR count). The number of carbonyl (C=O) groups is 1. The zero-order valence-electron chi connectivity index (χ0n) is 18.0. The minimum atomic E-state index is -0.284. The first-order chi connectivity index (χ1) is 16.0. The van der Waals surface area contributed by atoms with Gasteiger partial charge in [0.1, 0.15) is 18.2 Å². The van der Waals surface area contributed by atoms with Crippen LogP contribution in [-0.2, 0) is 11.4 Å². The maximum atomic E-state index is 13.1. The van der Waals surface area contributed by atoms with E-state index in [4.69, 9.17) is 16.3 Å². The fraction of sp³-hybridized carbons (Fsp3) is 0.154. The number of benzene rings is 3. The quantitative estimate of drug-likeness (QED) is 0.339. The maximum absolute atomic E-state index is 13.1. The van der Waals surface area contributed by atoms with E-state index in [0.29, 0.717) is 34.0 Å². The summed E-state index contributed by atoms with van der Waals surface area (Å²) >= 11 is 7.32. The van der Waals surface area contributed by atoms with Gasteiger partial charge in [0.2, 0.25) is 0 Å². The van der Waals surface area contributed by atoms with Crippen molar-refractivity contribution >= 4 is 46.2 Å². The number of halogens is 2. The molecule has 3 aromatic carbocycles. The van der Waals surface area contributed by atoms with Gasteiger partial charge in [-0.2, -0.15) is 0 Å². The summed E-state index contributed by atoms with van der Waals surface area (Å²) in [4.78, 5) is 20.1. The highest BCUT2D eigenvalue weighted by molar-refractivity contribution is 8.18. The van der Waals surface area contributed by atoms with Crippen LogP contribution in [0.5, 0.6) is 5.75 Å². The summed E-state index contributed by atoms with van der Waals surface area (Å²) in [5.74, 6) is 0.282. The Kier molecular flexibility index (Phi) is 7.47. The van der Waals surface area contributed by atoms with E-state index in [1.807, 2.05) is 49.4 Å². The Morgan fingerprint density at radius 1 is 1.06 bits per heavy atom. The van der Waals surface area contributed by atoms with E-state index in [0.717, 1.165) is 23.2 Å². The maximum Gasteiger partial charge on any atom is 0.266 e. The molecule has 7 heteroatoms. The first-order valence-electron chi connectivity index (χ1n) is 10.6. The van der Waals surface area contributed by atoms with E-state index in [1.165, 1.54) is 23.9 Å². The highest BCUT2D eigenvalue weighted by atomic mass is 35.5. The third-order valence-corrected chi connectivity index (χ3v) is 6.16. The zero-order chi connectivity index (χ0) is 23.2. The SMILES string of the molecule is CCCN1C(=O)/C(=C/c2ccccc2OCc2ccc(F)cc2)SC1=Nc1ccc(Cl)cc1. The molecule has 3 aromatic rings.